The second-order valence-electron chi connectivity index (χ2n) is 3.76. The molecular weight excluding hydrogens is 284 g/mol. The Morgan fingerprint density at radius 1 is 1.42 bits per heavy atom. The molecule has 0 unspecified atom stereocenters. The molecule has 2 rings (SSSR count). The predicted molar refractivity (Wildman–Crippen MR) is 79.1 cm³/mol. The Hall–Kier alpha value is -1.53. The molecule has 2 heterocycles. The first-order chi connectivity index (χ1) is 9.20. The molecule has 0 spiro atoms. The van der Waals surface area contributed by atoms with Crippen LogP contribution in [0.2, 0.25) is 4.34 Å². The molecule has 0 aliphatic rings. The lowest BCUT2D eigenvalue weighted by atomic mass is 10.3. The molecule has 0 radical (unpaired) electrons. The Morgan fingerprint density at radius 3 is 2.95 bits per heavy atom. The molecule has 0 atom stereocenters. The van der Waals surface area contributed by atoms with Gasteiger partial charge in [-0.1, -0.05) is 11.6 Å². The van der Waals surface area contributed by atoms with Crippen LogP contribution in [0.3, 0.4) is 0 Å². The van der Waals surface area contributed by atoms with Crippen LogP contribution in [0.25, 0.3) is 0 Å². The number of hydrogen-bond donors (Lipinski definition) is 2. The van der Waals surface area contributed by atoms with Gasteiger partial charge in [0, 0.05) is 11.4 Å². The van der Waals surface area contributed by atoms with Crippen LogP contribution in [0, 0.1) is 0 Å². The second-order valence-corrected chi connectivity index (χ2v) is 5.56. The summed E-state index contributed by atoms with van der Waals surface area (Å²) in [6.07, 6.45) is 2.30. The topological polar surface area (TPSA) is 73.1 Å². The number of nitrogens with one attached hydrogen (secondary N) is 1. The molecule has 19 heavy (non-hydrogen) atoms. The molecule has 0 aliphatic carbocycles. The minimum atomic E-state index is 0.416. The zero-order valence-electron chi connectivity index (χ0n) is 10.5. The van der Waals surface area contributed by atoms with Gasteiger partial charge in [0.2, 0.25) is 5.88 Å². The number of nitrogen functional groups attached to an aromatic ring is 1. The second kappa shape index (κ2) is 6.58. The third-order valence-electron chi connectivity index (χ3n) is 2.42. The lowest BCUT2D eigenvalue weighted by molar-refractivity contribution is 0.328. The van der Waals surface area contributed by atoms with E-state index in [1.165, 1.54) is 11.2 Å². The van der Waals surface area contributed by atoms with Crippen molar-refractivity contribution in [2.75, 3.05) is 24.2 Å². The van der Waals surface area contributed by atoms with Gasteiger partial charge in [0.1, 0.15) is 12.0 Å². The van der Waals surface area contributed by atoms with Crippen LogP contribution in [-0.4, -0.2) is 23.1 Å². The van der Waals surface area contributed by atoms with Gasteiger partial charge in [0.05, 0.1) is 10.9 Å². The number of ether oxygens (including phenoxy) is 1. The third kappa shape index (κ3) is 3.71. The van der Waals surface area contributed by atoms with Crippen LogP contribution in [0.5, 0.6) is 5.88 Å². The molecule has 0 amide bonds. The summed E-state index contributed by atoms with van der Waals surface area (Å²) < 4.78 is 6.11. The summed E-state index contributed by atoms with van der Waals surface area (Å²) in [5.74, 6) is 1.01. The monoisotopic (exact) mass is 298 g/mol. The van der Waals surface area contributed by atoms with Crippen molar-refractivity contribution in [1.82, 2.24) is 9.97 Å². The summed E-state index contributed by atoms with van der Waals surface area (Å²) in [4.78, 5) is 9.31. The van der Waals surface area contributed by atoms with Crippen molar-refractivity contribution in [2.24, 2.45) is 0 Å². The average molecular weight is 299 g/mol. The van der Waals surface area contributed by atoms with E-state index >= 15 is 0 Å². The molecule has 0 aliphatic heterocycles. The zero-order valence-corrected chi connectivity index (χ0v) is 12.1. The molecule has 0 saturated heterocycles. The summed E-state index contributed by atoms with van der Waals surface area (Å²) >= 11 is 7.45. The molecule has 7 heteroatoms. The lowest BCUT2D eigenvalue weighted by Gasteiger charge is -2.10. The van der Waals surface area contributed by atoms with E-state index in [1.54, 1.807) is 11.3 Å². The van der Waals surface area contributed by atoms with E-state index in [2.05, 4.69) is 15.3 Å². The number of nitrogens with zero attached hydrogens (tertiary/aromatic N) is 2. The van der Waals surface area contributed by atoms with Crippen molar-refractivity contribution in [3.63, 3.8) is 0 Å². The van der Waals surface area contributed by atoms with E-state index in [4.69, 9.17) is 22.1 Å². The van der Waals surface area contributed by atoms with Crippen LogP contribution in [0.15, 0.2) is 18.5 Å². The highest BCUT2D eigenvalue weighted by molar-refractivity contribution is 7.16. The maximum Gasteiger partial charge on any atom is 0.242 e. The molecule has 2 aromatic heterocycles. The first-order valence-electron chi connectivity index (χ1n) is 5.92. The molecule has 2 aromatic rings. The number of halogens is 1. The molecule has 0 saturated carbocycles. The molecule has 0 fully saturated rings. The highest BCUT2D eigenvalue weighted by Gasteiger charge is 2.08. The normalized spacial score (nSPS) is 10.4. The van der Waals surface area contributed by atoms with Crippen molar-refractivity contribution >= 4 is 34.4 Å². The Morgan fingerprint density at radius 2 is 2.26 bits per heavy atom. The van der Waals surface area contributed by atoms with Crippen molar-refractivity contribution < 1.29 is 4.74 Å². The molecular formula is C12H15ClN4OS. The first-order valence-corrected chi connectivity index (χ1v) is 7.11. The third-order valence-corrected chi connectivity index (χ3v) is 3.71. The summed E-state index contributed by atoms with van der Waals surface area (Å²) in [5.41, 5.74) is 6.36. The van der Waals surface area contributed by atoms with Gasteiger partial charge in [-0.3, -0.25) is 0 Å². The van der Waals surface area contributed by atoms with Crippen LogP contribution in [0.4, 0.5) is 11.5 Å². The van der Waals surface area contributed by atoms with Crippen LogP contribution in [-0.2, 0) is 6.42 Å². The van der Waals surface area contributed by atoms with Crippen LogP contribution in [0.1, 0.15) is 11.8 Å². The highest BCUT2D eigenvalue weighted by Crippen LogP contribution is 2.25. The maximum absolute atomic E-state index is 5.92. The zero-order chi connectivity index (χ0) is 13.7. The van der Waals surface area contributed by atoms with Gasteiger partial charge in [0.15, 0.2) is 5.82 Å². The van der Waals surface area contributed by atoms with Crippen LogP contribution >= 0.6 is 22.9 Å². The first kappa shape index (κ1) is 13.9. The van der Waals surface area contributed by atoms with Gasteiger partial charge in [-0.2, -0.15) is 4.98 Å². The Labute approximate surface area is 120 Å². The average Bonchev–Trinajstić information content (AvgIpc) is 2.80. The number of aromatic nitrogens is 2. The van der Waals surface area contributed by atoms with E-state index in [-0.39, 0.29) is 0 Å². The number of nitrogens with two attached hydrogens (primary N) is 1. The number of thiophene rings is 1. The van der Waals surface area contributed by atoms with Crippen molar-refractivity contribution in [3.05, 3.63) is 27.7 Å². The minimum absolute atomic E-state index is 0.416. The summed E-state index contributed by atoms with van der Waals surface area (Å²) in [5, 5.41) is 3.18. The molecule has 3 N–H and O–H groups in total. The van der Waals surface area contributed by atoms with Crippen molar-refractivity contribution in [1.29, 1.82) is 0 Å². The fraction of sp³-hybridized carbons (Fsp3) is 0.333. The van der Waals surface area contributed by atoms with Gasteiger partial charge in [-0.05, 0) is 25.5 Å². The Kier molecular flexibility index (Phi) is 4.81. The molecule has 102 valence electrons. The minimum Gasteiger partial charge on any atom is -0.476 e. The highest BCUT2D eigenvalue weighted by atomic mass is 35.5. The molecule has 0 aromatic carbocycles. The van der Waals surface area contributed by atoms with E-state index < -0.39 is 0 Å². The summed E-state index contributed by atoms with van der Waals surface area (Å²) in [7, 11) is 0. The predicted octanol–water partition coefficient (Wildman–Crippen LogP) is 2.83. The van der Waals surface area contributed by atoms with Gasteiger partial charge in [-0.25, -0.2) is 4.98 Å². The Balaban J connectivity index is 1.94. The Bertz CT molecular complexity index is 546. The maximum atomic E-state index is 5.92. The van der Waals surface area contributed by atoms with E-state index in [0.717, 1.165) is 17.3 Å². The van der Waals surface area contributed by atoms with Gasteiger partial charge in [0.25, 0.3) is 0 Å². The van der Waals surface area contributed by atoms with Crippen LogP contribution < -0.4 is 15.8 Å². The lowest BCUT2D eigenvalue weighted by Crippen LogP contribution is -2.10. The van der Waals surface area contributed by atoms with Gasteiger partial charge >= 0.3 is 0 Å². The van der Waals surface area contributed by atoms with Crippen molar-refractivity contribution in [2.45, 2.75) is 13.3 Å². The van der Waals surface area contributed by atoms with E-state index in [1.807, 2.05) is 19.1 Å². The largest absolute Gasteiger partial charge is 0.476 e. The molecule has 5 nitrogen and oxygen atoms in total. The number of anilines is 2. The molecule has 0 bridgehead atoms. The van der Waals surface area contributed by atoms with E-state index in [9.17, 15) is 0 Å². The fourth-order valence-electron chi connectivity index (χ4n) is 1.56. The van der Waals surface area contributed by atoms with Crippen molar-refractivity contribution in [3.8, 4) is 5.88 Å². The SMILES string of the molecule is CCOc1ncnc(NCCc2ccc(Cl)s2)c1N. The summed E-state index contributed by atoms with van der Waals surface area (Å²) in [6, 6.07) is 3.91. The van der Waals surface area contributed by atoms with E-state index in [0.29, 0.717) is 24.0 Å². The number of rotatable bonds is 6. The smallest absolute Gasteiger partial charge is 0.242 e. The fourth-order valence-corrected chi connectivity index (χ4v) is 2.65. The van der Waals surface area contributed by atoms with Gasteiger partial charge in [-0.15, -0.1) is 11.3 Å². The van der Waals surface area contributed by atoms with Gasteiger partial charge < -0.3 is 15.8 Å². The summed E-state index contributed by atoms with van der Waals surface area (Å²) in [6.45, 7) is 3.13. The quantitative estimate of drug-likeness (QED) is 0.858. The number of hydrogen-bond acceptors (Lipinski definition) is 6. The standard InChI is InChI=1S/C12H15ClN4OS/c1-2-18-12-10(14)11(16-7-17-12)15-6-5-8-3-4-9(13)19-8/h3-4,7H,2,5-6,14H2,1H3,(H,15,16,17).